The predicted octanol–water partition coefficient (Wildman–Crippen LogP) is 1.21. The van der Waals surface area contributed by atoms with Gasteiger partial charge in [0.2, 0.25) is 0 Å². The zero-order chi connectivity index (χ0) is 11.9. The summed E-state index contributed by atoms with van der Waals surface area (Å²) >= 11 is 2.06. The van der Waals surface area contributed by atoms with Crippen molar-refractivity contribution in [3.05, 3.63) is 0 Å². The molecule has 1 aliphatic heterocycles. The summed E-state index contributed by atoms with van der Waals surface area (Å²) in [5.74, 6) is -1.50. The van der Waals surface area contributed by atoms with Crippen LogP contribution in [0.25, 0.3) is 0 Å². The van der Waals surface area contributed by atoms with Crippen molar-refractivity contribution in [1.29, 1.82) is 0 Å². The highest BCUT2D eigenvalue weighted by atomic mass is 127. The van der Waals surface area contributed by atoms with Crippen molar-refractivity contribution in [1.82, 2.24) is 0 Å². The van der Waals surface area contributed by atoms with E-state index in [0.29, 0.717) is 6.61 Å². The average Bonchev–Trinajstić information content (AvgIpc) is 2.45. The molecule has 0 aromatic carbocycles. The lowest BCUT2D eigenvalue weighted by Crippen LogP contribution is -2.15. The second-order valence-electron chi connectivity index (χ2n) is 3.63. The Labute approximate surface area is 106 Å². The van der Waals surface area contributed by atoms with Crippen LogP contribution in [0.15, 0.2) is 0 Å². The van der Waals surface area contributed by atoms with Crippen molar-refractivity contribution < 1.29 is 24.2 Å². The first-order chi connectivity index (χ1) is 6.83. The molecule has 92 valence electrons. The zero-order valence-electron chi connectivity index (χ0n) is 8.72. The molecule has 1 aliphatic rings. The highest BCUT2D eigenvalue weighted by Gasteiger charge is 2.22. The number of halogens is 1. The molecule has 1 fully saturated rings. The molecule has 1 rings (SSSR count). The van der Waals surface area contributed by atoms with E-state index in [1.165, 1.54) is 23.1 Å². The Balaban J connectivity index is 0.000000336. The molecule has 2 unspecified atom stereocenters. The van der Waals surface area contributed by atoms with Crippen molar-refractivity contribution in [2.45, 2.75) is 44.9 Å². The molecule has 1 heterocycles. The first-order valence-electron chi connectivity index (χ1n) is 4.51. The van der Waals surface area contributed by atoms with Gasteiger partial charge in [-0.1, -0.05) is 0 Å². The number of aliphatic hydroxyl groups is 3. The maximum absolute atomic E-state index is 8.91. The third-order valence-corrected chi connectivity index (χ3v) is 2.37. The van der Waals surface area contributed by atoms with Gasteiger partial charge in [0, 0.05) is 27.6 Å². The SMILES string of the molecule is CC(C)(O)O.OC1CCC(COSI)O1. The van der Waals surface area contributed by atoms with Gasteiger partial charge in [-0.25, -0.2) is 0 Å². The summed E-state index contributed by atoms with van der Waals surface area (Å²) in [5, 5.41) is 25.1. The summed E-state index contributed by atoms with van der Waals surface area (Å²) in [5.41, 5.74) is 0. The summed E-state index contributed by atoms with van der Waals surface area (Å²) in [6.07, 6.45) is 1.17. The van der Waals surface area contributed by atoms with Gasteiger partial charge in [-0.05, 0) is 20.3 Å². The molecule has 7 heteroatoms. The molecule has 3 N–H and O–H groups in total. The van der Waals surface area contributed by atoms with Crippen molar-refractivity contribution >= 4 is 30.4 Å². The van der Waals surface area contributed by atoms with Crippen LogP contribution < -0.4 is 0 Å². The van der Waals surface area contributed by atoms with E-state index in [1.807, 2.05) is 0 Å². The number of aliphatic hydroxyl groups excluding tert-OH is 1. The molecule has 0 aromatic heterocycles. The Morgan fingerprint density at radius 2 is 2.00 bits per heavy atom. The van der Waals surface area contributed by atoms with Gasteiger partial charge in [0.25, 0.3) is 0 Å². The molecule has 15 heavy (non-hydrogen) atoms. The number of ether oxygens (including phenoxy) is 1. The number of rotatable bonds is 3. The molecular formula is C8H17IO5S. The molecule has 1 saturated heterocycles. The molecule has 0 spiro atoms. The second kappa shape index (κ2) is 8.04. The van der Waals surface area contributed by atoms with Crippen molar-refractivity contribution in [2.24, 2.45) is 0 Å². The first kappa shape index (κ1) is 15.9. The van der Waals surface area contributed by atoms with E-state index < -0.39 is 12.1 Å². The summed E-state index contributed by atoms with van der Waals surface area (Å²) < 4.78 is 10.1. The fraction of sp³-hybridized carbons (Fsp3) is 1.00. The smallest absolute Gasteiger partial charge is 0.156 e. The van der Waals surface area contributed by atoms with Crippen LogP contribution in [-0.4, -0.2) is 40.1 Å². The molecule has 0 aromatic rings. The van der Waals surface area contributed by atoms with E-state index in [9.17, 15) is 0 Å². The molecule has 0 radical (unpaired) electrons. The summed E-state index contributed by atoms with van der Waals surface area (Å²) in [4.78, 5) is 0. The fourth-order valence-electron chi connectivity index (χ4n) is 0.911. The Morgan fingerprint density at radius 1 is 1.47 bits per heavy atom. The van der Waals surface area contributed by atoms with E-state index in [1.54, 1.807) is 0 Å². The van der Waals surface area contributed by atoms with Crippen LogP contribution in [0.3, 0.4) is 0 Å². The third-order valence-electron chi connectivity index (χ3n) is 1.38. The topological polar surface area (TPSA) is 79.2 Å². The van der Waals surface area contributed by atoms with Crippen LogP contribution in [0.2, 0.25) is 0 Å². The van der Waals surface area contributed by atoms with Crippen LogP contribution in [0, 0.1) is 0 Å². The lowest BCUT2D eigenvalue weighted by atomic mass is 10.2. The van der Waals surface area contributed by atoms with Crippen molar-refractivity contribution in [2.75, 3.05) is 6.61 Å². The number of hydrogen-bond donors (Lipinski definition) is 3. The van der Waals surface area contributed by atoms with Crippen LogP contribution >= 0.6 is 30.4 Å². The van der Waals surface area contributed by atoms with Gasteiger partial charge in [0.15, 0.2) is 12.1 Å². The van der Waals surface area contributed by atoms with Crippen molar-refractivity contribution in [3.63, 3.8) is 0 Å². The normalized spacial score (nSPS) is 26.0. The number of hydrogen-bond acceptors (Lipinski definition) is 6. The Bertz CT molecular complexity index is 158. The van der Waals surface area contributed by atoms with Crippen LogP contribution in [-0.2, 0) is 8.92 Å². The highest BCUT2D eigenvalue weighted by molar-refractivity contribution is 14.2. The molecule has 0 saturated carbocycles. The quantitative estimate of drug-likeness (QED) is 0.403. The van der Waals surface area contributed by atoms with Gasteiger partial charge >= 0.3 is 0 Å². The van der Waals surface area contributed by atoms with Gasteiger partial charge in [0.05, 0.1) is 21.9 Å². The average molecular weight is 352 g/mol. The van der Waals surface area contributed by atoms with E-state index in [4.69, 9.17) is 24.2 Å². The first-order valence-corrected chi connectivity index (χ1v) is 7.80. The summed E-state index contributed by atoms with van der Waals surface area (Å²) in [6.45, 7) is 3.17. The highest BCUT2D eigenvalue weighted by Crippen LogP contribution is 2.21. The lowest BCUT2D eigenvalue weighted by molar-refractivity contribution is -0.127. The van der Waals surface area contributed by atoms with Crippen molar-refractivity contribution in [3.8, 4) is 0 Å². The molecular weight excluding hydrogens is 335 g/mol. The lowest BCUT2D eigenvalue weighted by Gasteiger charge is -2.07. The molecule has 2 atom stereocenters. The molecule has 0 aliphatic carbocycles. The minimum absolute atomic E-state index is 0.0947. The van der Waals surface area contributed by atoms with E-state index >= 15 is 0 Å². The second-order valence-corrected chi connectivity index (χ2v) is 5.07. The maximum atomic E-state index is 8.91. The Kier molecular flexibility index (Phi) is 8.51. The largest absolute Gasteiger partial charge is 0.368 e. The monoisotopic (exact) mass is 352 g/mol. The summed E-state index contributed by atoms with van der Waals surface area (Å²) in [7, 11) is 1.30. The van der Waals surface area contributed by atoms with Crippen LogP contribution in [0.4, 0.5) is 0 Å². The van der Waals surface area contributed by atoms with E-state index in [2.05, 4.69) is 21.2 Å². The van der Waals surface area contributed by atoms with Gasteiger partial charge in [0.1, 0.15) is 0 Å². The van der Waals surface area contributed by atoms with Gasteiger partial charge < -0.3 is 24.2 Å². The standard InChI is InChI=1S/C5H9IO3S.C3H8O2/c6-10-8-3-4-1-2-5(7)9-4;1-3(2,4)5/h4-5,7H,1-3H2;4-5H,1-2H3. The minimum Gasteiger partial charge on any atom is -0.368 e. The molecule has 5 nitrogen and oxygen atoms in total. The maximum Gasteiger partial charge on any atom is 0.156 e. The minimum atomic E-state index is -1.50. The van der Waals surface area contributed by atoms with Gasteiger partial charge in [-0.3, -0.25) is 0 Å². The molecule has 0 amide bonds. The van der Waals surface area contributed by atoms with Gasteiger partial charge in [-0.15, -0.1) is 0 Å². The Morgan fingerprint density at radius 3 is 2.33 bits per heavy atom. The summed E-state index contributed by atoms with van der Waals surface area (Å²) in [6, 6.07) is 0. The van der Waals surface area contributed by atoms with Crippen LogP contribution in [0.1, 0.15) is 26.7 Å². The Hall–Kier alpha value is 0.880. The predicted molar refractivity (Wildman–Crippen MR) is 66.2 cm³/mol. The zero-order valence-corrected chi connectivity index (χ0v) is 11.7. The van der Waals surface area contributed by atoms with E-state index in [0.717, 1.165) is 12.8 Å². The van der Waals surface area contributed by atoms with Crippen LogP contribution in [0.5, 0.6) is 0 Å². The van der Waals surface area contributed by atoms with Gasteiger partial charge in [-0.2, -0.15) is 0 Å². The molecule has 0 bridgehead atoms. The third kappa shape index (κ3) is 12.8. The van der Waals surface area contributed by atoms with E-state index in [-0.39, 0.29) is 6.10 Å². The fourth-order valence-corrected chi connectivity index (χ4v) is 1.55.